The summed E-state index contributed by atoms with van der Waals surface area (Å²) in [5, 5.41) is 0. The number of hydrogen-bond donors (Lipinski definition) is 2. The lowest BCUT2D eigenvalue weighted by atomic mass is 9.95. The minimum absolute atomic E-state index is 0.320. The monoisotopic (exact) mass is 416 g/mol. The van der Waals surface area contributed by atoms with Crippen LogP contribution in [0.25, 0.3) is 11.1 Å². The van der Waals surface area contributed by atoms with Crippen molar-refractivity contribution in [2.45, 2.75) is 7.59 Å². The summed E-state index contributed by atoms with van der Waals surface area (Å²) in [6.07, 6.45) is 0. The molecule has 4 N–H and O–H groups in total. The van der Waals surface area contributed by atoms with Crippen molar-refractivity contribution in [2.24, 2.45) is 0 Å². The Morgan fingerprint density at radius 2 is 1.36 bits per heavy atom. The maximum Gasteiger partial charge on any atom is 0.218 e. The fraction of sp³-hybridized carbons (Fsp3) is 0.143. The molecule has 0 aromatic heterocycles. The molecule has 2 rings (SSSR count). The Labute approximate surface area is 158 Å². The first kappa shape index (κ1) is 18.1. The van der Waals surface area contributed by atoms with Crippen molar-refractivity contribution in [3.05, 3.63) is 47.5 Å². The minimum Gasteiger partial charge on any atom is -0.399 e. The molecule has 2 nitrogen and oxygen atoms in total. The zero-order valence-corrected chi connectivity index (χ0v) is 15.4. The maximum absolute atomic E-state index is 6.04. The predicted molar refractivity (Wildman–Crippen MR) is 99.2 cm³/mol. The predicted octanol–water partition coefficient (Wildman–Crippen LogP) is 6.17. The molecule has 0 fully saturated rings. The molecule has 8 heteroatoms. The van der Waals surface area contributed by atoms with Gasteiger partial charge in [-0.05, 0) is 29.3 Å². The second-order valence-corrected chi connectivity index (χ2v) is 9.13. The van der Waals surface area contributed by atoms with E-state index in [1.54, 1.807) is 36.4 Å². The third kappa shape index (κ3) is 3.81. The highest BCUT2D eigenvalue weighted by Gasteiger charge is 2.33. The lowest BCUT2D eigenvalue weighted by Gasteiger charge is -2.23. The van der Waals surface area contributed by atoms with Crippen molar-refractivity contribution in [1.29, 1.82) is 0 Å². The van der Waals surface area contributed by atoms with Crippen LogP contribution < -0.4 is 11.5 Å². The summed E-state index contributed by atoms with van der Waals surface area (Å²) in [6.45, 7) is 0. The smallest absolute Gasteiger partial charge is 0.218 e. The first-order valence-corrected chi connectivity index (χ1v) is 8.21. The highest BCUT2D eigenvalue weighted by Crippen LogP contribution is 2.50. The molecule has 0 spiro atoms. The quantitative estimate of drug-likeness (QED) is 0.429. The molecule has 0 aliphatic heterocycles. The van der Waals surface area contributed by atoms with Gasteiger partial charge in [-0.3, -0.25) is 0 Å². The van der Waals surface area contributed by atoms with Crippen molar-refractivity contribution in [3.8, 4) is 11.1 Å². The topological polar surface area (TPSA) is 52.0 Å². The Balaban J connectivity index is 2.82. The highest BCUT2D eigenvalue weighted by molar-refractivity contribution is 6.68. The van der Waals surface area contributed by atoms with Gasteiger partial charge in [0.1, 0.15) is 0 Å². The number of hydrogen-bond acceptors (Lipinski definition) is 2. The van der Waals surface area contributed by atoms with Crippen LogP contribution in [0.3, 0.4) is 0 Å². The second-order valence-electron chi connectivity index (χ2n) is 4.57. The Hall–Kier alpha value is -0.220. The Kier molecular flexibility index (Phi) is 5.23. The standard InChI is InChI=1S/C14H10Cl6N2/c15-13(16,17)10-6-7(21)4-5-8(10)9-2-1-3-11(22)12(9)14(18,19)20/h1-6H,21-22H2. The molecule has 0 unspecified atom stereocenters. The summed E-state index contributed by atoms with van der Waals surface area (Å²) in [5.41, 5.74) is 14.3. The van der Waals surface area contributed by atoms with Gasteiger partial charge >= 0.3 is 0 Å². The largest absolute Gasteiger partial charge is 0.399 e. The average Bonchev–Trinajstić information content (AvgIpc) is 2.35. The normalized spacial score (nSPS) is 12.5. The van der Waals surface area contributed by atoms with Crippen LogP contribution in [-0.4, -0.2) is 0 Å². The van der Waals surface area contributed by atoms with Gasteiger partial charge < -0.3 is 11.5 Å². The molecule has 118 valence electrons. The van der Waals surface area contributed by atoms with Crippen LogP contribution in [0, 0.1) is 0 Å². The molecule has 2 aromatic rings. The molecule has 2 aromatic carbocycles. The molecule has 0 radical (unpaired) electrons. The molecule has 0 aliphatic carbocycles. The lowest BCUT2D eigenvalue weighted by Crippen LogP contribution is -2.10. The molecule has 0 bridgehead atoms. The van der Waals surface area contributed by atoms with Crippen LogP contribution >= 0.6 is 69.6 Å². The first-order chi connectivity index (χ1) is 10.0. The van der Waals surface area contributed by atoms with Gasteiger partial charge in [0.15, 0.2) is 0 Å². The van der Waals surface area contributed by atoms with Gasteiger partial charge in [0.05, 0.1) is 0 Å². The van der Waals surface area contributed by atoms with E-state index >= 15 is 0 Å². The number of nitrogen functional groups attached to an aromatic ring is 2. The number of benzene rings is 2. The van der Waals surface area contributed by atoms with Crippen molar-refractivity contribution in [3.63, 3.8) is 0 Å². The Bertz CT molecular complexity index is 703. The Morgan fingerprint density at radius 3 is 1.91 bits per heavy atom. The van der Waals surface area contributed by atoms with Gasteiger partial charge in [-0.15, -0.1) is 0 Å². The summed E-state index contributed by atoms with van der Waals surface area (Å²) >= 11 is 36.2. The van der Waals surface area contributed by atoms with Crippen molar-refractivity contribution >= 4 is 81.0 Å². The SMILES string of the molecule is Nc1ccc(-c2cccc(N)c2C(Cl)(Cl)Cl)c(C(Cl)(Cl)Cl)c1. The van der Waals surface area contributed by atoms with Crippen molar-refractivity contribution in [1.82, 2.24) is 0 Å². The summed E-state index contributed by atoms with van der Waals surface area (Å²) in [4.78, 5) is 0. The molecule has 0 atom stereocenters. The first-order valence-electron chi connectivity index (χ1n) is 5.94. The van der Waals surface area contributed by atoms with E-state index in [4.69, 9.17) is 81.1 Å². The Morgan fingerprint density at radius 1 is 0.727 bits per heavy atom. The lowest BCUT2D eigenvalue weighted by molar-refractivity contribution is 1.21. The van der Waals surface area contributed by atoms with Gasteiger partial charge in [-0.1, -0.05) is 87.8 Å². The van der Waals surface area contributed by atoms with Crippen molar-refractivity contribution < 1.29 is 0 Å². The van der Waals surface area contributed by atoms with Gasteiger partial charge in [-0.25, -0.2) is 0 Å². The second kappa shape index (κ2) is 6.35. The number of rotatable bonds is 1. The molecule has 0 saturated carbocycles. The number of alkyl halides is 6. The molecule has 0 saturated heterocycles. The molecule has 0 aliphatic rings. The van der Waals surface area contributed by atoms with Crippen LogP contribution in [0.15, 0.2) is 36.4 Å². The highest BCUT2D eigenvalue weighted by atomic mass is 35.6. The summed E-state index contributed by atoms with van der Waals surface area (Å²) in [7, 11) is 0. The third-order valence-corrected chi connectivity index (χ3v) is 4.20. The van der Waals surface area contributed by atoms with Gasteiger partial charge in [0, 0.05) is 22.5 Å². The molecular weight excluding hydrogens is 409 g/mol. The maximum atomic E-state index is 6.04. The van der Waals surface area contributed by atoms with Crippen LogP contribution in [0.1, 0.15) is 11.1 Å². The van der Waals surface area contributed by atoms with Gasteiger partial charge in [0.25, 0.3) is 0 Å². The van der Waals surface area contributed by atoms with E-state index in [1.165, 1.54) is 0 Å². The van der Waals surface area contributed by atoms with Crippen LogP contribution in [0.2, 0.25) is 0 Å². The molecule has 0 amide bonds. The summed E-state index contributed by atoms with van der Waals surface area (Å²) < 4.78 is -3.42. The average molecular weight is 419 g/mol. The van der Waals surface area contributed by atoms with Crippen molar-refractivity contribution in [2.75, 3.05) is 11.5 Å². The summed E-state index contributed by atoms with van der Waals surface area (Å²) in [6, 6.07) is 10.0. The fourth-order valence-corrected chi connectivity index (χ4v) is 3.24. The number of nitrogens with two attached hydrogens (primary N) is 2. The van der Waals surface area contributed by atoms with Crippen LogP contribution in [0.5, 0.6) is 0 Å². The number of halogens is 6. The van der Waals surface area contributed by atoms with E-state index in [0.717, 1.165) is 0 Å². The van der Waals surface area contributed by atoms with E-state index in [0.29, 0.717) is 33.6 Å². The van der Waals surface area contributed by atoms with Gasteiger partial charge in [0.2, 0.25) is 7.59 Å². The number of anilines is 2. The van der Waals surface area contributed by atoms with E-state index in [2.05, 4.69) is 0 Å². The minimum atomic E-state index is -1.73. The third-order valence-electron chi connectivity index (χ3n) is 3.02. The van der Waals surface area contributed by atoms with Crippen LogP contribution in [0.4, 0.5) is 11.4 Å². The molecular formula is C14H10Cl6N2. The van der Waals surface area contributed by atoms with E-state index in [9.17, 15) is 0 Å². The molecule has 0 heterocycles. The van der Waals surface area contributed by atoms with E-state index in [1.807, 2.05) is 0 Å². The summed E-state index contributed by atoms with van der Waals surface area (Å²) in [5.74, 6) is 0. The molecule has 22 heavy (non-hydrogen) atoms. The van der Waals surface area contributed by atoms with Crippen LogP contribution in [-0.2, 0) is 7.59 Å². The zero-order chi connectivity index (χ0) is 16.7. The van der Waals surface area contributed by atoms with E-state index in [-0.39, 0.29) is 0 Å². The van der Waals surface area contributed by atoms with Gasteiger partial charge in [-0.2, -0.15) is 0 Å². The fourth-order valence-electron chi connectivity index (χ4n) is 2.14. The van der Waals surface area contributed by atoms with E-state index < -0.39 is 7.59 Å². The zero-order valence-electron chi connectivity index (χ0n) is 10.9.